The summed E-state index contributed by atoms with van der Waals surface area (Å²) < 4.78 is 13.1. The van der Waals surface area contributed by atoms with Crippen LogP contribution in [0.15, 0.2) is 18.2 Å². The number of benzene rings is 1. The van der Waals surface area contributed by atoms with E-state index in [2.05, 4.69) is 26.1 Å². The Hall–Kier alpha value is -0.600. The van der Waals surface area contributed by atoms with Crippen LogP contribution in [-0.4, -0.2) is 6.04 Å². The molecule has 1 nitrogen and oxygen atoms in total. The quantitative estimate of drug-likeness (QED) is 0.838. The van der Waals surface area contributed by atoms with Crippen LogP contribution in [0.5, 0.6) is 0 Å². The van der Waals surface area contributed by atoms with Gasteiger partial charge in [0.25, 0.3) is 0 Å². The van der Waals surface area contributed by atoms with Crippen molar-refractivity contribution in [1.82, 2.24) is 5.32 Å². The fourth-order valence-corrected chi connectivity index (χ4v) is 3.00. The Balaban J connectivity index is 1.99. The highest BCUT2D eigenvalue weighted by atomic mass is 35.5. The van der Waals surface area contributed by atoms with E-state index in [9.17, 15) is 4.39 Å². The predicted molar refractivity (Wildman–Crippen MR) is 74.4 cm³/mol. The third-order valence-electron chi connectivity index (χ3n) is 3.90. The number of nitrogens with one attached hydrogen (secondary N) is 1. The largest absolute Gasteiger partial charge is 0.307 e. The first-order valence-corrected chi connectivity index (χ1v) is 6.96. The molecule has 0 spiro atoms. The number of hydrogen-bond acceptors (Lipinski definition) is 1. The van der Waals surface area contributed by atoms with Crippen LogP contribution in [0.3, 0.4) is 0 Å². The Labute approximate surface area is 114 Å². The summed E-state index contributed by atoms with van der Waals surface area (Å²) in [6, 6.07) is 5.73. The molecule has 1 saturated carbocycles. The number of rotatable bonds is 3. The van der Waals surface area contributed by atoms with Crippen molar-refractivity contribution in [3.63, 3.8) is 0 Å². The van der Waals surface area contributed by atoms with Crippen molar-refractivity contribution in [2.24, 2.45) is 5.41 Å². The van der Waals surface area contributed by atoms with Crippen molar-refractivity contribution in [3.8, 4) is 0 Å². The Morgan fingerprint density at radius 2 is 2.17 bits per heavy atom. The average molecular weight is 270 g/mol. The third-order valence-corrected chi connectivity index (χ3v) is 4.19. The molecule has 1 aromatic carbocycles. The minimum absolute atomic E-state index is 0.202. The molecule has 2 atom stereocenters. The SMILES string of the molecule is CC(NC1CCC(C)(C)C1)c1ccc(F)c(Cl)c1. The zero-order valence-corrected chi connectivity index (χ0v) is 12.0. The lowest BCUT2D eigenvalue weighted by Gasteiger charge is -2.22. The third kappa shape index (κ3) is 3.24. The molecule has 2 rings (SSSR count). The number of hydrogen-bond donors (Lipinski definition) is 1. The van der Waals surface area contributed by atoms with Gasteiger partial charge in [-0.1, -0.05) is 31.5 Å². The maximum atomic E-state index is 13.1. The molecule has 0 heterocycles. The van der Waals surface area contributed by atoms with Crippen LogP contribution in [0.4, 0.5) is 4.39 Å². The van der Waals surface area contributed by atoms with Crippen LogP contribution in [0, 0.1) is 11.2 Å². The van der Waals surface area contributed by atoms with E-state index < -0.39 is 0 Å². The van der Waals surface area contributed by atoms with Crippen molar-refractivity contribution in [3.05, 3.63) is 34.6 Å². The molecule has 0 radical (unpaired) electrons. The average Bonchev–Trinajstić information content (AvgIpc) is 2.62. The molecule has 0 aliphatic heterocycles. The molecule has 1 aromatic rings. The molecule has 18 heavy (non-hydrogen) atoms. The lowest BCUT2D eigenvalue weighted by atomic mass is 9.91. The maximum absolute atomic E-state index is 13.1. The molecule has 0 bridgehead atoms. The first kappa shape index (κ1) is 13.8. The van der Waals surface area contributed by atoms with E-state index >= 15 is 0 Å². The molecule has 1 aliphatic carbocycles. The molecular weight excluding hydrogens is 249 g/mol. The van der Waals surface area contributed by atoms with E-state index in [4.69, 9.17) is 11.6 Å². The topological polar surface area (TPSA) is 12.0 Å². The van der Waals surface area contributed by atoms with Crippen molar-refractivity contribution in [2.75, 3.05) is 0 Å². The fourth-order valence-electron chi connectivity index (χ4n) is 2.81. The van der Waals surface area contributed by atoms with Crippen LogP contribution >= 0.6 is 11.6 Å². The lowest BCUT2D eigenvalue weighted by molar-refractivity contribution is 0.356. The molecule has 1 aliphatic rings. The van der Waals surface area contributed by atoms with Gasteiger partial charge in [0.2, 0.25) is 0 Å². The Morgan fingerprint density at radius 3 is 2.72 bits per heavy atom. The van der Waals surface area contributed by atoms with Gasteiger partial charge in [0.1, 0.15) is 5.82 Å². The molecule has 2 unspecified atom stereocenters. The van der Waals surface area contributed by atoms with E-state index in [1.54, 1.807) is 12.1 Å². The highest BCUT2D eigenvalue weighted by Crippen LogP contribution is 2.37. The summed E-state index contributed by atoms with van der Waals surface area (Å²) in [5.41, 5.74) is 1.49. The van der Waals surface area contributed by atoms with Gasteiger partial charge in [0.05, 0.1) is 5.02 Å². The summed E-state index contributed by atoms with van der Waals surface area (Å²) in [7, 11) is 0. The van der Waals surface area contributed by atoms with Gasteiger partial charge in [0, 0.05) is 12.1 Å². The molecular formula is C15H21ClFN. The van der Waals surface area contributed by atoms with Crippen LogP contribution in [-0.2, 0) is 0 Å². The fraction of sp³-hybridized carbons (Fsp3) is 0.600. The standard InChI is InChI=1S/C15H21ClFN/c1-10(11-4-5-14(17)13(16)8-11)18-12-6-7-15(2,3)9-12/h4-5,8,10,12,18H,6-7,9H2,1-3H3. The lowest BCUT2D eigenvalue weighted by Crippen LogP contribution is -2.30. The summed E-state index contributed by atoms with van der Waals surface area (Å²) in [5.74, 6) is -0.352. The highest BCUT2D eigenvalue weighted by molar-refractivity contribution is 6.30. The van der Waals surface area contributed by atoms with Crippen molar-refractivity contribution in [2.45, 2.75) is 52.1 Å². The summed E-state index contributed by atoms with van der Waals surface area (Å²) in [5, 5.41) is 3.82. The number of halogens is 2. The van der Waals surface area contributed by atoms with E-state index in [0.29, 0.717) is 11.5 Å². The Kier molecular flexibility index (Phi) is 3.98. The minimum Gasteiger partial charge on any atom is -0.307 e. The van der Waals surface area contributed by atoms with Crippen LogP contribution in [0.2, 0.25) is 5.02 Å². The summed E-state index contributed by atoms with van der Waals surface area (Å²) in [6.45, 7) is 6.73. The maximum Gasteiger partial charge on any atom is 0.141 e. The van der Waals surface area contributed by atoms with E-state index in [-0.39, 0.29) is 16.9 Å². The van der Waals surface area contributed by atoms with E-state index in [0.717, 1.165) is 5.56 Å². The van der Waals surface area contributed by atoms with Gasteiger partial charge in [0.15, 0.2) is 0 Å². The second-order valence-corrected chi connectivity index (χ2v) is 6.57. The monoisotopic (exact) mass is 269 g/mol. The first-order valence-electron chi connectivity index (χ1n) is 6.58. The van der Waals surface area contributed by atoms with Gasteiger partial charge in [-0.15, -0.1) is 0 Å². The van der Waals surface area contributed by atoms with Crippen LogP contribution in [0.1, 0.15) is 51.6 Å². The summed E-state index contributed by atoms with van der Waals surface area (Å²) in [4.78, 5) is 0. The normalized spacial score (nSPS) is 24.2. The molecule has 0 aromatic heterocycles. The van der Waals surface area contributed by atoms with Crippen molar-refractivity contribution in [1.29, 1.82) is 0 Å². The molecule has 1 N–H and O–H groups in total. The van der Waals surface area contributed by atoms with Gasteiger partial charge in [-0.05, 0) is 49.3 Å². The van der Waals surface area contributed by atoms with Gasteiger partial charge >= 0.3 is 0 Å². The zero-order valence-electron chi connectivity index (χ0n) is 11.3. The van der Waals surface area contributed by atoms with Gasteiger partial charge in [-0.25, -0.2) is 4.39 Å². The van der Waals surface area contributed by atoms with Gasteiger partial charge in [-0.2, -0.15) is 0 Å². The summed E-state index contributed by atoms with van der Waals surface area (Å²) in [6.07, 6.45) is 3.68. The van der Waals surface area contributed by atoms with Crippen molar-refractivity contribution >= 4 is 11.6 Å². The second-order valence-electron chi connectivity index (χ2n) is 6.17. The molecule has 3 heteroatoms. The molecule has 100 valence electrons. The minimum atomic E-state index is -0.352. The van der Waals surface area contributed by atoms with Crippen LogP contribution in [0.25, 0.3) is 0 Å². The molecule has 0 amide bonds. The first-order chi connectivity index (χ1) is 8.37. The Bertz CT molecular complexity index is 431. The predicted octanol–water partition coefficient (Wildman–Crippen LogP) is 4.71. The molecule has 1 fully saturated rings. The van der Waals surface area contributed by atoms with Crippen LogP contribution < -0.4 is 5.32 Å². The summed E-state index contributed by atoms with van der Waals surface area (Å²) >= 11 is 5.82. The second kappa shape index (κ2) is 5.18. The molecule has 0 saturated heterocycles. The van der Waals surface area contributed by atoms with E-state index in [1.165, 1.54) is 25.3 Å². The highest BCUT2D eigenvalue weighted by Gasteiger charge is 2.31. The van der Waals surface area contributed by atoms with Crippen molar-refractivity contribution < 1.29 is 4.39 Å². The smallest absolute Gasteiger partial charge is 0.141 e. The van der Waals surface area contributed by atoms with Gasteiger partial charge in [-0.3, -0.25) is 0 Å². The van der Waals surface area contributed by atoms with E-state index in [1.807, 2.05) is 0 Å². The van der Waals surface area contributed by atoms with Gasteiger partial charge < -0.3 is 5.32 Å². The zero-order chi connectivity index (χ0) is 13.3. The Morgan fingerprint density at radius 1 is 1.44 bits per heavy atom.